The molecule has 20 heavy (non-hydrogen) atoms. The largest absolute Gasteiger partial charge is 0.313 e. The Balaban J connectivity index is 2.82. The number of H-pyrrole nitrogens is 1. The molecule has 2 aromatic heterocycles. The van der Waals surface area contributed by atoms with Crippen molar-refractivity contribution in [3.05, 3.63) is 54.4 Å². The number of thiazole rings is 1. The molecule has 5 heteroatoms. The van der Waals surface area contributed by atoms with Gasteiger partial charge in [-0.05, 0) is 6.07 Å². The number of hydrogen-bond acceptors (Lipinski definition) is 3. The van der Waals surface area contributed by atoms with E-state index in [1.54, 1.807) is 0 Å². The quantitative estimate of drug-likeness (QED) is 0.673. The van der Waals surface area contributed by atoms with E-state index in [1.807, 2.05) is 24.3 Å². The van der Waals surface area contributed by atoms with E-state index >= 15 is 0 Å². The Labute approximate surface area is 117 Å². The lowest BCUT2D eigenvalue weighted by Gasteiger charge is -1.98. The summed E-state index contributed by atoms with van der Waals surface area (Å²) >= 11 is 1.28. The van der Waals surface area contributed by atoms with Crippen molar-refractivity contribution in [2.24, 2.45) is 0 Å². The minimum atomic E-state index is -0.198. The van der Waals surface area contributed by atoms with Crippen LogP contribution in [0.1, 0.15) is 11.7 Å². The van der Waals surface area contributed by atoms with Crippen LogP contribution in [0, 0.1) is 9.75 Å². The van der Waals surface area contributed by atoms with Gasteiger partial charge in [0, 0.05) is 17.5 Å². The Bertz CT molecular complexity index is 1090. The molecule has 0 amide bonds. The minimum absolute atomic E-state index is 0.125. The summed E-state index contributed by atoms with van der Waals surface area (Å²) < 4.78 is 2.66. The zero-order valence-electron chi connectivity index (χ0n) is 10.9. The van der Waals surface area contributed by atoms with Gasteiger partial charge >= 0.3 is 0 Å². The predicted octanol–water partition coefficient (Wildman–Crippen LogP) is 1.16. The molecule has 1 N–H and O–H groups in total. The van der Waals surface area contributed by atoms with Gasteiger partial charge in [0.1, 0.15) is 4.53 Å². The van der Waals surface area contributed by atoms with Crippen LogP contribution in [0.2, 0.25) is 0 Å². The summed E-state index contributed by atoms with van der Waals surface area (Å²) in [5, 5.41) is 2.09. The highest BCUT2D eigenvalue weighted by molar-refractivity contribution is 7.07. The number of hydrogen-bond donors (Lipinski definition) is 1. The molecule has 0 saturated heterocycles. The highest BCUT2D eigenvalue weighted by Gasteiger charge is 2.10. The predicted molar refractivity (Wildman–Crippen MR) is 81.1 cm³/mol. The highest BCUT2D eigenvalue weighted by atomic mass is 32.1. The topological polar surface area (TPSA) is 54.9 Å². The monoisotopic (exact) mass is 284 g/mol. The second-order valence-electron chi connectivity index (χ2n) is 4.50. The number of fused-ring (bicyclic) bond motifs is 1. The average Bonchev–Trinajstić information content (AvgIpc) is 2.85. The molecule has 3 aromatic rings. The van der Waals surface area contributed by atoms with E-state index in [9.17, 15) is 9.59 Å². The van der Waals surface area contributed by atoms with E-state index < -0.39 is 0 Å². The second kappa shape index (κ2) is 4.31. The third kappa shape index (κ3) is 1.67. The van der Waals surface area contributed by atoms with Gasteiger partial charge in [-0.2, -0.15) is 0 Å². The Morgan fingerprint density at radius 3 is 2.60 bits per heavy atom. The number of carbonyl (C=O) groups is 1. The van der Waals surface area contributed by atoms with Crippen LogP contribution in [0.3, 0.4) is 0 Å². The van der Waals surface area contributed by atoms with Gasteiger partial charge in [-0.3, -0.25) is 14.2 Å². The van der Waals surface area contributed by atoms with Crippen molar-refractivity contribution in [1.82, 2.24) is 9.55 Å². The summed E-state index contributed by atoms with van der Waals surface area (Å²) in [6.45, 7) is 9.21. The number of benzene rings is 1. The summed E-state index contributed by atoms with van der Waals surface area (Å²) in [7, 11) is 0. The standard InChI is InChI=1S/C15H12N2O2S/c1-8-13(14-15(19)16-9(2)20-14)11-6-4-5-7-12(11)17(8)10(3)18/h4-7H,1-2H2,3H3,(H,16,19)/b14-13-. The number of carbonyl (C=O) groups excluding carboxylic acids is 1. The average molecular weight is 284 g/mol. The van der Waals surface area contributed by atoms with E-state index in [0.717, 1.165) is 10.9 Å². The van der Waals surface area contributed by atoms with Gasteiger partial charge in [0.15, 0.2) is 0 Å². The molecule has 0 fully saturated rings. The molecular formula is C15H12N2O2S. The van der Waals surface area contributed by atoms with Gasteiger partial charge < -0.3 is 4.98 Å². The van der Waals surface area contributed by atoms with Crippen LogP contribution in [0.15, 0.2) is 29.1 Å². The highest BCUT2D eigenvalue weighted by Crippen LogP contribution is 2.14. The lowest BCUT2D eigenvalue weighted by Crippen LogP contribution is -2.21. The Hall–Kier alpha value is -2.40. The number of para-hydroxylation sites is 1. The van der Waals surface area contributed by atoms with E-state index in [-0.39, 0.29) is 11.5 Å². The first-order chi connectivity index (χ1) is 9.50. The number of aromatic nitrogens is 2. The van der Waals surface area contributed by atoms with Crippen molar-refractivity contribution in [1.29, 1.82) is 0 Å². The van der Waals surface area contributed by atoms with Crippen LogP contribution in [0.5, 0.6) is 0 Å². The number of rotatable bonds is 0. The molecule has 0 atom stereocenters. The van der Waals surface area contributed by atoms with Crippen molar-refractivity contribution < 1.29 is 4.79 Å². The fourth-order valence-electron chi connectivity index (χ4n) is 2.45. The lowest BCUT2D eigenvalue weighted by molar-refractivity contribution is 0.0939. The van der Waals surface area contributed by atoms with Gasteiger partial charge in [-0.1, -0.05) is 31.4 Å². The molecule has 0 aliphatic heterocycles. The van der Waals surface area contributed by atoms with Crippen LogP contribution in [0.4, 0.5) is 0 Å². The molecule has 0 unspecified atom stereocenters. The molecule has 0 spiro atoms. The van der Waals surface area contributed by atoms with Crippen LogP contribution in [-0.2, 0) is 0 Å². The number of nitrogens with one attached hydrogen (secondary N) is 1. The van der Waals surface area contributed by atoms with Gasteiger partial charge in [0.2, 0.25) is 5.91 Å². The SMILES string of the molecule is C=c1[nH]c(=O)/c(=c2\c(=C)n(C(C)=O)c3ccccc23)s1. The molecule has 1 aromatic carbocycles. The first-order valence-corrected chi connectivity index (χ1v) is 6.84. The molecule has 4 nitrogen and oxygen atoms in total. The molecule has 0 bridgehead atoms. The summed E-state index contributed by atoms with van der Waals surface area (Å²) in [6.07, 6.45) is 0. The minimum Gasteiger partial charge on any atom is -0.313 e. The first-order valence-electron chi connectivity index (χ1n) is 6.02. The van der Waals surface area contributed by atoms with Gasteiger partial charge in [0.25, 0.3) is 5.56 Å². The summed E-state index contributed by atoms with van der Waals surface area (Å²) in [4.78, 5) is 26.5. The fraction of sp³-hybridized carbons (Fsp3) is 0.0667. The molecule has 0 radical (unpaired) electrons. The smallest absolute Gasteiger partial charge is 0.267 e. The van der Waals surface area contributed by atoms with Crippen molar-refractivity contribution in [3.8, 4) is 0 Å². The van der Waals surface area contributed by atoms with Crippen LogP contribution >= 0.6 is 11.3 Å². The fourth-order valence-corrected chi connectivity index (χ4v) is 3.31. The normalized spacial score (nSPS) is 12.8. The van der Waals surface area contributed by atoms with E-state index in [4.69, 9.17) is 0 Å². The maximum absolute atomic E-state index is 12.0. The maximum Gasteiger partial charge on any atom is 0.267 e. The zero-order chi connectivity index (χ0) is 14.4. The third-order valence-corrected chi connectivity index (χ3v) is 4.14. The molecule has 0 aliphatic carbocycles. The first kappa shape index (κ1) is 12.6. The molecule has 0 aliphatic rings. The zero-order valence-corrected chi connectivity index (χ0v) is 11.7. The number of aromatic amines is 1. The maximum atomic E-state index is 12.0. The molecule has 0 saturated carbocycles. The van der Waals surface area contributed by atoms with E-state index in [1.165, 1.54) is 22.8 Å². The van der Waals surface area contributed by atoms with Crippen molar-refractivity contribution in [2.75, 3.05) is 0 Å². The Morgan fingerprint density at radius 2 is 2.00 bits per heavy atom. The van der Waals surface area contributed by atoms with Gasteiger partial charge in [-0.25, -0.2) is 0 Å². The lowest BCUT2D eigenvalue weighted by atomic mass is 10.2. The van der Waals surface area contributed by atoms with Gasteiger partial charge in [-0.15, -0.1) is 11.3 Å². The third-order valence-electron chi connectivity index (χ3n) is 3.20. The molecule has 2 heterocycles. The second-order valence-corrected chi connectivity index (χ2v) is 5.61. The van der Waals surface area contributed by atoms with E-state index in [2.05, 4.69) is 18.1 Å². The Morgan fingerprint density at radius 1 is 1.30 bits per heavy atom. The summed E-state index contributed by atoms with van der Waals surface area (Å²) in [5.74, 6) is -0.125. The van der Waals surface area contributed by atoms with Crippen LogP contribution < -0.4 is 15.6 Å². The molecule has 100 valence electrons. The number of nitrogens with zero attached hydrogens (tertiary/aromatic N) is 1. The van der Waals surface area contributed by atoms with Crippen molar-refractivity contribution >= 4 is 41.3 Å². The summed E-state index contributed by atoms with van der Waals surface area (Å²) in [6, 6.07) is 7.47. The van der Waals surface area contributed by atoms with Crippen LogP contribution in [0.25, 0.3) is 24.1 Å². The van der Waals surface area contributed by atoms with E-state index in [0.29, 0.717) is 19.8 Å². The van der Waals surface area contributed by atoms with Crippen LogP contribution in [-0.4, -0.2) is 15.5 Å². The molecular weight excluding hydrogens is 272 g/mol. The van der Waals surface area contributed by atoms with Crippen molar-refractivity contribution in [3.63, 3.8) is 0 Å². The Kier molecular flexibility index (Phi) is 2.72. The summed E-state index contributed by atoms with van der Waals surface area (Å²) in [5.41, 5.74) is 0.565. The molecule has 3 rings (SSSR count). The van der Waals surface area contributed by atoms with Crippen molar-refractivity contribution in [2.45, 2.75) is 6.92 Å². The van der Waals surface area contributed by atoms with Gasteiger partial charge in [0.05, 0.1) is 15.5 Å².